The zero-order valence-electron chi connectivity index (χ0n) is 3.70. The van der Waals surface area contributed by atoms with E-state index in [2.05, 4.69) is 12.2 Å². The van der Waals surface area contributed by atoms with Gasteiger partial charge in [-0.1, -0.05) is 0 Å². The van der Waals surface area contributed by atoms with E-state index >= 15 is 0 Å². The smallest absolute Gasteiger partial charge is 2.00 e. The summed E-state index contributed by atoms with van der Waals surface area (Å²) in [6.45, 7) is 0. The van der Waals surface area contributed by atoms with Crippen molar-refractivity contribution in [3.05, 3.63) is 0 Å². The average molecular weight is 162 g/mol. The molecule has 0 aromatic rings. The van der Waals surface area contributed by atoms with Crippen molar-refractivity contribution in [2.45, 2.75) is 0 Å². The molecule has 40 valence electrons. The third kappa shape index (κ3) is 401. The van der Waals surface area contributed by atoms with Crippen molar-refractivity contribution < 1.29 is 21.2 Å². The zero-order chi connectivity index (χ0) is 2.71. The van der Waals surface area contributed by atoms with Crippen LogP contribution in [0.1, 0.15) is 0 Å². The maximum atomic E-state index is 8.50. The van der Waals surface area contributed by atoms with Crippen LogP contribution < -0.4 is 0 Å². The Bertz CT molecular complexity index is 35.0. The van der Waals surface area contributed by atoms with Gasteiger partial charge in [0.15, 0.2) is 0 Å². The standard InChI is InChI=1S/COS.2Al.3O/c2-1-3;;;;;/q;2*+3;3*-2. The summed E-state index contributed by atoms with van der Waals surface area (Å²) in [6.07, 6.45) is 0. The largest absolute Gasteiger partial charge is 3.00 e. The topological polar surface area (TPSA) is 103 Å². The molecule has 0 N–H and O–H groups in total. The van der Waals surface area contributed by atoms with Crippen molar-refractivity contribution >= 4 is 52.2 Å². The van der Waals surface area contributed by atoms with E-state index in [0.717, 1.165) is 5.23 Å². The number of hydrogen-bond donors (Lipinski definition) is 0. The third-order valence-electron chi connectivity index (χ3n) is 0. The van der Waals surface area contributed by atoms with E-state index in [4.69, 9.17) is 4.79 Å². The fraction of sp³-hybridized carbons (Fsp3) is 0. The summed E-state index contributed by atoms with van der Waals surface area (Å²) >= 11 is 3.59. The first-order chi connectivity index (χ1) is 1.41. The van der Waals surface area contributed by atoms with Crippen LogP contribution in [0.25, 0.3) is 0 Å². The molecule has 0 rings (SSSR count). The molecule has 0 aromatic heterocycles. The van der Waals surface area contributed by atoms with Gasteiger partial charge in [0.1, 0.15) is 0 Å². The van der Waals surface area contributed by atoms with Gasteiger partial charge in [0.25, 0.3) is 0 Å². The van der Waals surface area contributed by atoms with Gasteiger partial charge in [-0.25, -0.2) is 4.79 Å². The Morgan fingerprint density at radius 1 is 1.00 bits per heavy atom. The summed E-state index contributed by atoms with van der Waals surface area (Å²) < 4.78 is 0. The summed E-state index contributed by atoms with van der Waals surface area (Å²) in [6, 6.07) is 0. The van der Waals surface area contributed by atoms with Gasteiger partial charge in [0.2, 0.25) is 5.23 Å². The first kappa shape index (κ1) is 69.6. The van der Waals surface area contributed by atoms with Crippen LogP contribution in [-0.4, -0.2) is 40.0 Å². The van der Waals surface area contributed by atoms with E-state index in [1.165, 1.54) is 0 Å². The molecule has 0 aliphatic carbocycles. The van der Waals surface area contributed by atoms with Crippen molar-refractivity contribution in [2.75, 3.05) is 0 Å². The third-order valence-corrected chi connectivity index (χ3v) is 0. The van der Waals surface area contributed by atoms with Gasteiger partial charge >= 0.3 is 34.7 Å². The molecule has 0 aliphatic heterocycles. The number of hydrogen-bond acceptors (Lipinski definition) is 2. The van der Waals surface area contributed by atoms with Gasteiger partial charge in [-0.05, 0) is 0 Å². The van der Waals surface area contributed by atoms with Crippen molar-refractivity contribution in [1.82, 2.24) is 0 Å². The van der Waals surface area contributed by atoms with E-state index in [1.54, 1.807) is 0 Å². The van der Waals surface area contributed by atoms with Gasteiger partial charge in [0, 0.05) is 12.2 Å². The summed E-state index contributed by atoms with van der Waals surface area (Å²) in [5.41, 5.74) is 0. The van der Waals surface area contributed by atoms with Gasteiger partial charge in [-0.3, -0.25) is 0 Å². The first-order valence-corrected chi connectivity index (χ1v) is 0.816. The molecule has 0 radical (unpaired) electrons. The summed E-state index contributed by atoms with van der Waals surface area (Å²) in [5, 5.41) is 1.08. The molecule has 0 saturated heterocycles. The molecule has 0 bridgehead atoms. The fourth-order valence-corrected chi connectivity index (χ4v) is 0. The van der Waals surface area contributed by atoms with Gasteiger partial charge in [-0.2, -0.15) is 0 Å². The zero-order valence-corrected chi connectivity index (χ0v) is 6.82. The predicted molar refractivity (Wildman–Crippen MR) is 26.9 cm³/mol. The van der Waals surface area contributed by atoms with Crippen molar-refractivity contribution in [3.63, 3.8) is 0 Å². The summed E-state index contributed by atoms with van der Waals surface area (Å²) in [4.78, 5) is 8.50. The molecule has 0 amide bonds. The van der Waals surface area contributed by atoms with Crippen LogP contribution in [0.3, 0.4) is 0 Å². The van der Waals surface area contributed by atoms with Crippen LogP contribution in [0.4, 0.5) is 0 Å². The molecule has 0 unspecified atom stereocenters. The monoisotopic (exact) mass is 162 g/mol. The fourth-order valence-electron chi connectivity index (χ4n) is 0. The summed E-state index contributed by atoms with van der Waals surface area (Å²) in [5.74, 6) is 0. The molecular weight excluding hydrogens is 162 g/mol. The Labute approximate surface area is 73.4 Å². The molecule has 0 spiro atoms. The van der Waals surface area contributed by atoms with Crippen LogP contribution in [0.2, 0.25) is 0 Å². The van der Waals surface area contributed by atoms with Crippen LogP contribution in [0, 0.1) is 0 Å². The van der Waals surface area contributed by atoms with Crippen molar-refractivity contribution in [1.29, 1.82) is 0 Å². The Morgan fingerprint density at radius 3 is 1.00 bits per heavy atom. The molecule has 0 aromatic carbocycles. The Hall–Kier alpha value is 0.745. The Balaban J connectivity index is -0.00000000200. The van der Waals surface area contributed by atoms with Gasteiger partial charge in [0.05, 0.1) is 0 Å². The van der Waals surface area contributed by atoms with Crippen LogP contribution in [0.5, 0.6) is 0 Å². The molecule has 4 nitrogen and oxygen atoms in total. The molecule has 0 atom stereocenters. The van der Waals surface area contributed by atoms with E-state index in [0.29, 0.717) is 0 Å². The Kier molecular flexibility index (Phi) is 1010. The van der Waals surface area contributed by atoms with Crippen LogP contribution in [-0.2, 0) is 21.2 Å². The minimum absolute atomic E-state index is 0. The minimum atomic E-state index is 0. The van der Waals surface area contributed by atoms with E-state index < -0.39 is 0 Å². The van der Waals surface area contributed by atoms with Gasteiger partial charge < -0.3 is 16.4 Å². The van der Waals surface area contributed by atoms with Crippen molar-refractivity contribution in [2.24, 2.45) is 0 Å². The molecular formula is CAl2O4S. The second-order valence-corrected chi connectivity index (χ2v) is 0.250. The van der Waals surface area contributed by atoms with E-state index in [-0.39, 0.29) is 51.2 Å². The number of rotatable bonds is 0. The van der Waals surface area contributed by atoms with E-state index in [1.807, 2.05) is 0 Å². The first-order valence-electron chi connectivity index (χ1n) is 0.408. The normalized spacial score (nSPS) is 1.00. The Morgan fingerprint density at radius 2 is 1.00 bits per heavy atom. The second kappa shape index (κ2) is 116. The molecule has 7 heteroatoms. The van der Waals surface area contributed by atoms with Crippen molar-refractivity contribution in [3.8, 4) is 0 Å². The minimum Gasteiger partial charge on any atom is -2.00 e. The second-order valence-electron chi connectivity index (χ2n) is 0.0833. The SMILES string of the molecule is O=C=S.[Al+3].[Al+3].[O-2].[O-2].[O-2]. The van der Waals surface area contributed by atoms with Gasteiger partial charge in [-0.15, -0.1) is 0 Å². The van der Waals surface area contributed by atoms with Crippen LogP contribution >= 0.6 is 12.2 Å². The number of carbonyl (C=O) groups excluding carboxylic acids is 1. The predicted octanol–water partition coefficient (Wildman–Crippen LogP) is -0.867. The average Bonchev–Trinajstić information content (AvgIpc) is 0.918. The maximum absolute atomic E-state index is 8.50. The molecule has 0 heterocycles. The summed E-state index contributed by atoms with van der Waals surface area (Å²) in [7, 11) is 0. The molecule has 8 heavy (non-hydrogen) atoms. The van der Waals surface area contributed by atoms with E-state index in [9.17, 15) is 0 Å². The number of thiocarbonyl (C=S) groups is 1. The molecule has 0 saturated carbocycles. The maximum Gasteiger partial charge on any atom is 3.00 e. The molecule has 0 fully saturated rings. The van der Waals surface area contributed by atoms with Crippen LogP contribution in [0.15, 0.2) is 0 Å². The molecule has 0 aliphatic rings. The quantitative estimate of drug-likeness (QED) is 0.341.